The fourth-order valence-electron chi connectivity index (χ4n) is 3.44. The Kier molecular flexibility index (Phi) is 4.45. The molecule has 0 aliphatic heterocycles. The van der Waals surface area contributed by atoms with Crippen molar-refractivity contribution < 1.29 is 5.11 Å². The summed E-state index contributed by atoms with van der Waals surface area (Å²) >= 11 is 0. The number of aliphatic hydroxyl groups excluding tert-OH is 1. The summed E-state index contributed by atoms with van der Waals surface area (Å²) in [4.78, 5) is 0. The van der Waals surface area contributed by atoms with E-state index in [4.69, 9.17) is 0 Å². The number of hydrogen-bond donors (Lipinski definition) is 1. The highest BCUT2D eigenvalue weighted by atomic mass is 16.3. The minimum atomic E-state index is -0.260. The molecule has 0 saturated heterocycles. The van der Waals surface area contributed by atoms with Crippen LogP contribution in [-0.2, 0) is 0 Å². The van der Waals surface area contributed by atoms with E-state index in [0.717, 1.165) is 5.92 Å². The van der Waals surface area contributed by atoms with E-state index in [2.05, 4.69) is 39.0 Å². The first-order chi connectivity index (χ1) is 8.63. The van der Waals surface area contributed by atoms with Crippen molar-refractivity contribution in [1.82, 2.24) is 0 Å². The molecule has 0 radical (unpaired) electrons. The van der Waals surface area contributed by atoms with Gasteiger partial charge in [0, 0.05) is 0 Å². The molecule has 100 valence electrons. The van der Waals surface area contributed by atoms with Crippen molar-refractivity contribution in [2.75, 3.05) is 0 Å². The van der Waals surface area contributed by atoms with Crippen LogP contribution in [-0.4, -0.2) is 5.11 Å². The van der Waals surface area contributed by atoms with E-state index in [9.17, 15) is 5.11 Å². The third kappa shape index (κ3) is 2.77. The number of aryl methyl sites for hydroxylation is 2. The number of rotatable bonds is 3. The predicted molar refractivity (Wildman–Crippen MR) is 76.6 cm³/mol. The Hall–Kier alpha value is -0.820. The first kappa shape index (κ1) is 13.6. The van der Waals surface area contributed by atoms with Gasteiger partial charge < -0.3 is 5.11 Å². The highest BCUT2D eigenvalue weighted by Gasteiger charge is 2.28. The first-order valence-electron chi connectivity index (χ1n) is 7.37. The summed E-state index contributed by atoms with van der Waals surface area (Å²) in [7, 11) is 0. The third-order valence-corrected chi connectivity index (χ3v) is 4.75. The molecule has 0 spiro atoms. The van der Waals surface area contributed by atoms with Gasteiger partial charge in [-0.15, -0.1) is 0 Å². The lowest BCUT2D eigenvalue weighted by molar-refractivity contribution is 0.0720. The van der Waals surface area contributed by atoms with E-state index in [1.54, 1.807) is 0 Å². The van der Waals surface area contributed by atoms with Gasteiger partial charge in [-0.05, 0) is 55.2 Å². The molecule has 1 aliphatic rings. The quantitative estimate of drug-likeness (QED) is 0.829. The second kappa shape index (κ2) is 5.88. The molecule has 0 bridgehead atoms. The molecule has 1 atom stereocenters. The largest absolute Gasteiger partial charge is 0.388 e. The van der Waals surface area contributed by atoms with Gasteiger partial charge >= 0.3 is 0 Å². The smallest absolute Gasteiger partial charge is 0.0823 e. The normalized spacial score (nSPS) is 26.0. The summed E-state index contributed by atoms with van der Waals surface area (Å²) in [5.74, 6) is 1.36. The minimum Gasteiger partial charge on any atom is -0.388 e. The summed E-state index contributed by atoms with van der Waals surface area (Å²) in [5.41, 5.74) is 3.65. The molecule has 1 saturated carbocycles. The van der Waals surface area contributed by atoms with Gasteiger partial charge in [0.25, 0.3) is 0 Å². The fourth-order valence-corrected chi connectivity index (χ4v) is 3.44. The SMILES string of the molecule is CCC1CCC(C(O)c2c(C)cccc2C)CC1. The number of benzene rings is 1. The van der Waals surface area contributed by atoms with Crippen LogP contribution in [0.3, 0.4) is 0 Å². The van der Waals surface area contributed by atoms with E-state index in [1.165, 1.54) is 48.8 Å². The van der Waals surface area contributed by atoms with Crippen LogP contribution < -0.4 is 0 Å². The van der Waals surface area contributed by atoms with Crippen molar-refractivity contribution in [3.63, 3.8) is 0 Å². The van der Waals surface area contributed by atoms with Gasteiger partial charge in [-0.2, -0.15) is 0 Å². The lowest BCUT2D eigenvalue weighted by Crippen LogP contribution is -2.21. The topological polar surface area (TPSA) is 20.2 Å². The maximum Gasteiger partial charge on any atom is 0.0823 e. The summed E-state index contributed by atoms with van der Waals surface area (Å²) < 4.78 is 0. The van der Waals surface area contributed by atoms with Gasteiger partial charge in [-0.25, -0.2) is 0 Å². The van der Waals surface area contributed by atoms with Crippen LogP contribution in [0.1, 0.15) is 61.8 Å². The molecule has 1 aromatic carbocycles. The van der Waals surface area contributed by atoms with Crippen LogP contribution in [0.5, 0.6) is 0 Å². The number of hydrogen-bond acceptors (Lipinski definition) is 1. The molecule has 2 rings (SSSR count). The maximum atomic E-state index is 10.7. The van der Waals surface area contributed by atoms with Crippen LogP contribution in [0.15, 0.2) is 18.2 Å². The fraction of sp³-hybridized carbons (Fsp3) is 0.647. The molecular formula is C17H26O. The molecule has 1 aromatic rings. The average Bonchev–Trinajstić information content (AvgIpc) is 2.38. The monoisotopic (exact) mass is 246 g/mol. The average molecular weight is 246 g/mol. The summed E-state index contributed by atoms with van der Waals surface area (Å²) in [5, 5.41) is 10.7. The molecule has 1 N–H and O–H groups in total. The maximum absolute atomic E-state index is 10.7. The Morgan fingerprint density at radius 1 is 1.11 bits per heavy atom. The van der Waals surface area contributed by atoms with Gasteiger partial charge in [0.2, 0.25) is 0 Å². The molecule has 0 amide bonds. The van der Waals surface area contributed by atoms with Crippen LogP contribution in [0.4, 0.5) is 0 Å². The van der Waals surface area contributed by atoms with E-state index in [1.807, 2.05) is 0 Å². The molecule has 0 aromatic heterocycles. The third-order valence-electron chi connectivity index (χ3n) is 4.75. The first-order valence-corrected chi connectivity index (χ1v) is 7.37. The Labute approximate surface area is 111 Å². The number of aliphatic hydroxyl groups is 1. The van der Waals surface area contributed by atoms with Gasteiger partial charge in [0.1, 0.15) is 0 Å². The van der Waals surface area contributed by atoms with E-state index < -0.39 is 0 Å². The Bertz CT molecular complexity index is 368. The lowest BCUT2D eigenvalue weighted by atomic mass is 9.76. The van der Waals surface area contributed by atoms with Crippen molar-refractivity contribution in [2.45, 2.75) is 59.0 Å². The van der Waals surface area contributed by atoms with E-state index in [0.29, 0.717) is 5.92 Å². The summed E-state index contributed by atoms with van der Waals surface area (Å²) in [6.45, 7) is 6.51. The van der Waals surface area contributed by atoms with Gasteiger partial charge in [0.05, 0.1) is 6.10 Å². The molecule has 1 fully saturated rings. The highest BCUT2D eigenvalue weighted by molar-refractivity contribution is 5.35. The lowest BCUT2D eigenvalue weighted by Gasteiger charge is -2.32. The van der Waals surface area contributed by atoms with Gasteiger partial charge in [-0.1, -0.05) is 44.4 Å². The van der Waals surface area contributed by atoms with Crippen molar-refractivity contribution in [1.29, 1.82) is 0 Å². The standard InChI is InChI=1S/C17H26O/c1-4-14-8-10-15(11-9-14)17(18)16-12(2)6-5-7-13(16)3/h5-7,14-15,17-18H,4,8-11H2,1-3H3. The summed E-state index contributed by atoms with van der Waals surface area (Å²) in [6.07, 6.45) is 6.00. The Morgan fingerprint density at radius 3 is 2.17 bits per heavy atom. The zero-order chi connectivity index (χ0) is 13.1. The van der Waals surface area contributed by atoms with E-state index in [-0.39, 0.29) is 6.10 Å². The second-order valence-electron chi connectivity index (χ2n) is 5.94. The van der Waals surface area contributed by atoms with Crippen molar-refractivity contribution in [3.8, 4) is 0 Å². The zero-order valence-electron chi connectivity index (χ0n) is 11.9. The minimum absolute atomic E-state index is 0.260. The van der Waals surface area contributed by atoms with E-state index >= 15 is 0 Å². The second-order valence-corrected chi connectivity index (χ2v) is 5.94. The zero-order valence-corrected chi connectivity index (χ0v) is 11.9. The Morgan fingerprint density at radius 2 is 1.67 bits per heavy atom. The van der Waals surface area contributed by atoms with Crippen molar-refractivity contribution in [3.05, 3.63) is 34.9 Å². The van der Waals surface area contributed by atoms with Crippen LogP contribution >= 0.6 is 0 Å². The van der Waals surface area contributed by atoms with Crippen LogP contribution in [0, 0.1) is 25.7 Å². The molecule has 1 heteroatoms. The predicted octanol–water partition coefficient (Wildman–Crippen LogP) is 4.55. The van der Waals surface area contributed by atoms with Gasteiger partial charge in [-0.3, -0.25) is 0 Å². The van der Waals surface area contributed by atoms with Crippen LogP contribution in [0.2, 0.25) is 0 Å². The van der Waals surface area contributed by atoms with Gasteiger partial charge in [0.15, 0.2) is 0 Å². The molecule has 18 heavy (non-hydrogen) atoms. The Balaban J connectivity index is 2.10. The molecule has 1 aliphatic carbocycles. The molecule has 1 unspecified atom stereocenters. The molecular weight excluding hydrogens is 220 g/mol. The molecule has 1 nitrogen and oxygen atoms in total. The molecule has 0 heterocycles. The highest BCUT2D eigenvalue weighted by Crippen LogP contribution is 2.39. The summed E-state index contributed by atoms with van der Waals surface area (Å²) in [6, 6.07) is 6.31. The van der Waals surface area contributed by atoms with Crippen LogP contribution in [0.25, 0.3) is 0 Å². The van der Waals surface area contributed by atoms with Crippen molar-refractivity contribution in [2.24, 2.45) is 11.8 Å². The van der Waals surface area contributed by atoms with Crippen molar-refractivity contribution >= 4 is 0 Å².